The molecule has 1 aliphatic rings. The Morgan fingerprint density at radius 2 is 2.18 bits per heavy atom. The monoisotopic (exact) mass is 239 g/mol. The third-order valence-corrected chi connectivity index (χ3v) is 2.54. The van der Waals surface area contributed by atoms with Gasteiger partial charge in [-0.05, 0) is 30.5 Å². The van der Waals surface area contributed by atoms with Crippen molar-refractivity contribution in [2.75, 3.05) is 13.2 Å². The lowest BCUT2D eigenvalue weighted by Gasteiger charge is -2.10. The van der Waals surface area contributed by atoms with Gasteiger partial charge in [0.25, 0.3) is 0 Å². The number of rotatable bonds is 6. The van der Waals surface area contributed by atoms with E-state index >= 15 is 0 Å². The molecule has 4 heteroatoms. The van der Waals surface area contributed by atoms with E-state index in [4.69, 9.17) is 4.74 Å². The SMILES string of the molecule is C=C(CNC1CC1)COc1ccc(F)cc1F. The highest BCUT2D eigenvalue weighted by Gasteiger charge is 2.20. The van der Waals surface area contributed by atoms with Crippen molar-refractivity contribution in [2.45, 2.75) is 18.9 Å². The molecule has 17 heavy (non-hydrogen) atoms. The number of ether oxygens (including phenoxy) is 1. The summed E-state index contributed by atoms with van der Waals surface area (Å²) in [5.41, 5.74) is 0.848. The smallest absolute Gasteiger partial charge is 0.167 e. The summed E-state index contributed by atoms with van der Waals surface area (Å²) in [5.74, 6) is -1.24. The number of nitrogens with one attached hydrogen (secondary N) is 1. The third kappa shape index (κ3) is 3.82. The molecule has 0 aliphatic heterocycles. The van der Waals surface area contributed by atoms with Crippen LogP contribution in [0.5, 0.6) is 5.75 Å². The minimum Gasteiger partial charge on any atom is -0.486 e. The Bertz CT molecular complexity index is 416. The molecule has 0 saturated heterocycles. The van der Waals surface area contributed by atoms with Crippen LogP contribution in [-0.4, -0.2) is 19.2 Å². The summed E-state index contributed by atoms with van der Waals surface area (Å²) in [5, 5.41) is 3.28. The number of benzene rings is 1. The molecule has 0 spiro atoms. The molecule has 1 N–H and O–H groups in total. The van der Waals surface area contributed by atoms with Crippen LogP contribution in [0.3, 0.4) is 0 Å². The summed E-state index contributed by atoms with van der Waals surface area (Å²) in [4.78, 5) is 0. The molecular formula is C13H15F2NO. The molecule has 0 heterocycles. The highest BCUT2D eigenvalue weighted by atomic mass is 19.1. The highest BCUT2D eigenvalue weighted by molar-refractivity contribution is 5.25. The largest absolute Gasteiger partial charge is 0.486 e. The van der Waals surface area contributed by atoms with Crippen molar-refractivity contribution in [2.24, 2.45) is 0 Å². The number of halogens is 2. The molecule has 1 saturated carbocycles. The zero-order chi connectivity index (χ0) is 12.3. The molecule has 0 bridgehead atoms. The van der Waals surface area contributed by atoms with Gasteiger partial charge in [0.1, 0.15) is 12.4 Å². The number of hydrogen-bond acceptors (Lipinski definition) is 2. The zero-order valence-corrected chi connectivity index (χ0v) is 9.51. The quantitative estimate of drug-likeness (QED) is 0.770. The maximum atomic E-state index is 13.2. The summed E-state index contributed by atoms with van der Waals surface area (Å²) >= 11 is 0. The second-order valence-electron chi connectivity index (χ2n) is 4.27. The van der Waals surface area contributed by atoms with Gasteiger partial charge in [-0.15, -0.1) is 0 Å². The maximum Gasteiger partial charge on any atom is 0.167 e. The minimum absolute atomic E-state index is 0.0546. The fourth-order valence-corrected chi connectivity index (χ4v) is 1.40. The zero-order valence-electron chi connectivity index (χ0n) is 9.51. The van der Waals surface area contributed by atoms with Crippen molar-refractivity contribution < 1.29 is 13.5 Å². The van der Waals surface area contributed by atoms with Crippen molar-refractivity contribution in [3.05, 3.63) is 42.0 Å². The van der Waals surface area contributed by atoms with Gasteiger partial charge < -0.3 is 10.1 Å². The highest BCUT2D eigenvalue weighted by Crippen LogP contribution is 2.19. The Morgan fingerprint density at radius 1 is 1.41 bits per heavy atom. The van der Waals surface area contributed by atoms with Crippen molar-refractivity contribution in [3.8, 4) is 5.75 Å². The molecule has 0 unspecified atom stereocenters. The number of hydrogen-bond donors (Lipinski definition) is 1. The van der Waals surface area contributed by atoms with Gasteiger partial charge in [0.15, 0.2) is 11.6 Å². The van der Waals surface area contributed by atoms with Crippen LogP contribution in [0.25, 0.3) is 0 Å². The van der Waals surface area contributed by atoms with E-state index in [-0.39, 0.29) is 12.4 Å². The van der Waals surface area contributed by atoms with Crippen LogP contribution in [0.1, 0.15) is 12.8 Å². The third-order valence-electron chi connectivity index (χ3n) is 2.54. The fourth-order valence-electron chi connectivity index (χ4n) is 1.40. The first-order valence-corrected chi connectivity index (χ1v) is 5.63. The van der Waals surface area contributed by atoms with Crippen LogP contribution in [0.15, 0.2) is 30.4 Å². The van der Waals surface area contributed by atoms with E-state index in [1.54, 1.807) is 0 Å². The van der Waals surface area contributed by atoms with Gasteiger partial charge in [-0.25, -0.2) is 8.78 Å². The van der Waals surface area contributed by atoms with Crippen molar-refractivity contribution in [3.63, 3.8) is 0 Å². The van der Waals surface area contributed by atoms with E-state index in [2.05, 4.69) is 11.9 Å². The molecule has 1 aromatic rings. The lowest BCUT2D eigenvalue weighted by molar-refractivity contribution is 0.327. The van der Waals surface area contributed by atoms with Gasteiger partial charge >= 0.3 is 0 Å². The Labute approximate surface area is 99.3 Å². The molecule has 0 aromatic heterocycles. The van der Waals surface area contributed by atoms with E-state index < -0.39 is 11.6 Å². The van der Waals surface area contributed by atoms with E-state index in [9.17, 15) is 8.78 Å². The molecule has 0 atom stereocenters. The van der Waals surface area contributed by atoms with Gasteiger partial charge in [-0.3, -0.25) is 0 Å². The Balaban J connectivity index is 1.77. The van der Waals surface area contributed by atoms with Gasteiger partial charge in [-0.2, -0.15) is 0 Å². The molecule has 2 nitrogen and oxygen atoms in total. The van der Waals surface area contributed by atoms with Crippen molar-refractivity contribution in [1.29, 1.82) is 0 Å². The van der Waals surface area contributed by atoms with E-state index in [1.165, 1.54) is 25.0 Å². The summed E-state index contributed by atoms with van der Waals surface area (Å²) in [6, 6.07) is 3.87. The van der Waals surface area contributed by atoms with Gasteiger partial charge in [0.05, 0.1) is 0 Å². The molecule has 2 rings (SSSR count). The lowest BCUT2D eigenvalue weighted by atomic mass is 10.3. The summed E-state index contributed by atoms with van der Waals surface area (Å²) in [6.45, 7) is 4.75. The Morgan fingerprint density at radius 3 is 2.82 bits per heavy atom. The molecule has 0 radical (unpaired) electrons. The molecular weight excluding hydrogens is 224 g/mol. The van der Waals surface area contributed by atoms with E-state index in [1.807, 2.05) is 0 Å². The summed E-state index contributed by atoms with van der Waals surface area (Å²) in [6.07, 6.45) is 2.42. The van der Waals surface area contributed by atoms with Gasteiger partial charge in [0, 0.05) is 18.7 Å². The van der Waals surface area contributed by atoms with Crippen LogP contribution < -0.4 is 10.1 Å². The first-order valence-electron chi connectivity index (χ1n) is 5.63. The Kier molecular flexibility index (Phi) is 3.74. The van der Waals surface area contributed by atoms with Crippen molar-refractivity contribution in [1.82, 2.24) is 5.32 Å². The standard InChI is InChI=1S/C13H15F2NO/c1-9(7-16-11-3-4-11)8-17-13-5-2-10(14)6-12(13)15/h2,5-6,11,16H,1,3-4,7-8H2. The predicted octanol–water partition coefficient (Wildman–Crippen LogP) is 2.65. The molecule has 0 amide bonds. The minimum atomic E-state index is -0.687. The van der Waals surface area contributed by atoms with Gasteiger partial charge in [0.2, 0.25) is 0 Å². The van der Waals surface area contributed by atoms with E-state index in [0.29, 0.717) is 12.6 Å². The van der Waals surface area contributed by atoms with Crippen LogP contribution in [0, 0.1) is 11.6 Å². The van der Waals surface area contributed by atoms with Gasteiger partial charge in [-0.1, -0.05) is 6.58 Å². The second kappa shape index (κ2) is 5.27. The molecule has 1 aromatic carbocycles. The van der Waals surface area contributed by atoms with Crippen LogP contribution in [0.4, 0.5) is 8.78 Å². The van der Waals surface area contributed by atoms with E-state index in [0.717, 1.165) is 11.6 Å². The topological polar surface area (TPSA) is 21.3 Å². The first-order chi connectivity index (χ1) is 8.15. The summed E-state index contributed by atoms with van der Waals surface area (Å²) in [7, 11) is 0. The van der Waals surface area contributed by atoms with Crippen LogP contribution in [-0.2, 0) is 0 Å². The lowest BCUT2D eigenvalue weighted by Crippen LogP contribution is -2.21. The Hall–Kier alpha value is -1.42. The summed E-state index contributed by atoms with van der Waals surface area (Å²) < 4.78 is 31.1. The second-order valence-corrected chi connectivity index (χ2v) is 4.27. The van der Waals surface area contributed by atoms with Crippen molar-refractivity contribution >= 4 is 0 Å². The van der Waals surface area contributed by atoms with Crippen LogP contribution in [0.2, 0.25) is 0 Å². The predicted molar refractivity (Wildman–Crippen MR) is 62.0 cm³/mol. The average Bonchev–Trinajstić information content (AvgIpc) is 3.09. The first kappa shape index (κ1) is 12.0. The molecule has 92 valence electrons. The average molecular weight is 239 g/mol. The van der Waals surface area contributed by atoms with Crippen LogP contribution >= 0.6 is 0 Å². The molecule has 1 fully saturated rings. The maximum absolute atomic E-state index is 13.2. The fraction of sp³-hybridized carbons (Fsp3) is 0.385. The molecule has 1 aliphatic carbocycles. The normalized spacial score (nSPS) is 14.7.